The minimum atomic E-state index is -0.111. The standard InChI is InChI=1S/C21H21N5O2/c1-14-5-3-4-6-18(14)28-19-11-15(2)24-20(25-19)16-7-10-26(13-16)21(27)17-12-22-8-9-23-17/h3-6,8-9,11-12,16H,7,10,13H2,1-2H3/t16-/m1/s1. The zero-order valence-corrected chi connectivity index (χ0v) is 15.9. The molecule has 1 aliphatic rings. The normalized spacial score (nSPS) is 16.2. The summed E-state index contributed by atoms with van der Waals surface area (Å²) >= 11 is 0. The molecule has 4 rings (SSSR count). The van der Waals surface area contributed by atoms with E-state index in [1.807, 2.05) is 44.2 Å². The molecule has 7 nitrogen and oxygen atoms in total. The van der Waals surface area contributed by atoms with E-state index in [4.69, 9.17) is 4.74 Å². The molecule has 142 valence electrons. The van der Waals surface area contributed by atoms with E-state index >= 15 is 0 Å². The summed E-state index contributed by atoms with van der Waals surface area (Å²) < 4.78 is 5.98. The average molecular weight is 375 g/mol. The van der Waals surface area contributed by atoms with Crippen LogP contribution in [0.2, 0.25) is 0 Å². The van der Waals surface area contributed by atoms with Crippen molar-refractivity contribution in [2.45, 2.75) is 26.2 Å². The van der Waals surface area contributed by atoms with E-state index in [1.165, 1.54) is 12.4 Å². The second kappa shape index (κ2) is 7.72. The summed E-state index contributed by atoms with van der Waals surface area (Å²) in [5.74, 6) is 1.96. The van der Waals surface area contributed by atoms with Crippen LogP contribution in [-0.4, -0.2) is 43.8 Å². The Labute approximate surface area is 163 Å². The van der Waals surface area contributed by atoms with Crippen LogP contribution in [0.15, 0.2) is 48.9 Å². The van der Waals surface area contributed by atoms with Gasteiger partial charge in [-0.05, 0) is 31.9 Å². The Morgan fingerprint density at radius 3 is 2.82 bits per heavy atom. The third kappa shape index (κ3) is 3.83. The molecule has 1 saturated heterocycles. The maximum absolute atomic E-state index is 12.6. The summed E-state index contributed by atoms with van der Waals surface area (Å²) in [5, 5.41) is 0. The van der Waals surface area contributed by atoms with E-state index in [0.717, 1.165) is 23.4 Å². The van der Waals surface area contributed by atoms with Crippen molar-refractivity contribution >= 4 is 5.91 Å². The Hall–Kier alpha value is -3.35. The fourth-order valence-electron chi connectivity index (χ4n) is 3.31. The van der Waals surface area contributed by atoms with Gasteiger partial charge in [-0.3, -0.25) is 9.78 Å². The number of likely N-dealkylation sites (tertiary alicyclic amines) is 1. The lowest BCUT2D eigenvalue weighted by molar-refractivity contribution is 0.0784. The molecule has 3 aromatic rings. The lowest BCUT2D eigenvalue weighted by Crippen LogP contribution is -2.29. The molecule has 2 aromatic heterocycles. The Bertz CT molecular complexity index is 993. The predicted molar refractivity (Wildman–Crippen MR) is 103 cm³/mol. The molecule has 1 atom stereocenters. The smallest absolute Gasteiger partial charge is 0.274 e. The number of ether oxygens (including phenoxy) is 1. The van der Waals surface area contributed by atoms with Gasteiger partial charge >= 0.3 is 0 Å². The van der Waals surface area contributed by atoms with Crippen LogP contribution >= 0.6 is 0 Å². The lowest BCUT2D eigenvalue weighted by Gasteiger charge is -2.16. The van der Waals surface area contributed by atoms with Crippen LogP contribution in [-0.2, 0) is 0 Å². The van der Waals surface area contributed by atoms with E-state index in [-0.39, 0.29) is 11.8 Å². The highest BCUT2D eigenvalue weighted by atomic mass is 16.5. The first-order valence-corrected chi connectivity index (χ1v) is 9.24. The first-order chi connectivity index (χ1) is 13.6. The molecule has 0 spiro atoms. The van der Waals surface area contributed by atoms with Crippen LogP contribution < -0.4 is 4.74 Å². The molecule has 7 heteroatoms. The quantitative estimate of drug-likeness (QED) is 0.696. The lowest BCUT2D eigenvalue weighted by atomic mass is 10.1. The molecule has 0 radical (unpaired) electrons. The number of carbonyl (C=O) groups excluding carboxylic acids is 1. The molecule has 1 amide bonds. The number of para-hydroxylation sites is 1. The Morgan fingerprint density at radius 2 is 2.04 bits per heavy atom. The van der Waals surface area contributed by atoms with Crippen molar-refractivity contribution in [1.82, 2.24) is 24.8 Å². The third-order valence-corrected chi connectivity index (χ3v) is 4.78. The molecule has 1 fully saturated rings. The number of aryl methyl sites for hydroxylation is 2. The van der Waals surface area contributed by atoms with Crippen molar-refractivity contribution in [2.24, 2.45) is 0 Å². The number of amides is 1. The molecule has 1 aromatic carbocycles. The summed E-state index contributed by atoms with van der Waals surface area (Å²) in [6.07, 6.45) is 5.38. The largest absolute Gasteiger partial charge is 0.439 e. The van der Waals surface area contributed by atoms with Gasteiger partial charge in [-0.1, -0.05) is 18.2 Å². The zero-order valence-electron chi connectivity index (χ0n) is 15.9. The SMILES string of the molecule is Cc1cc(Oc2ccccc2C)nc([C@@H]2CCN(C(=O)c3cnccn3)C2)n1. The van der Waals surface area contributed by atoms with Gasteiger partial charge in [0.05, 0.1) is 6.20 Å². The van der Waals surface area contributed by atoms with Crippen LogP contribution in [0.1, 0.15) is 39.9 Å². The van der Waals surface area contributed by atoms with Crippen LogP contribution in [0.25, 0.3) is 0 Å². The molecule has 0 aliphatic carbocycles. The van der Waals surface area contributed by atoms with Gasteiger partial charge in [0.25, 0.3) is 5.91 Å². The van der Waals surface area contributed by atoms with Crippen LogP contribution in [0.3, 0.4) is 0 Å². The summed E-state index contributed by atoms with van der Waals surface area (Å²) in [5.41, 5.74) is 2.24. The number of hydrogen-bond acceptors (Lipinski definition) is 6. The summed E-state index contributed by atoms with van der Waals surface area (Å²) in [6, 6.07) is 9.65. The number of hydrogen-bond donors (Lipinski definition) is 0. The second-order valence-corrected chi connectivity index (χ2v) is 6.90. The molecule has 0 bridgehead atoms. The molecule has 1 aliphatic heterocycles. The maximum Gasteiger partial charge on any atom is 0.274 e. The van der Waals surface area contributed by atoms with E-state index < -0.39 is 0 Å². The van der Waals surface area contributed by atoms with Gasteiger partial charge in [0.15, 0.2) is 0 Å². The molecule has 3 heterocycles. The average Bonchev–Trinajstić information content (AvgIpc) is 3.20. The van der Waals surface area contributed by atoms with Crippen molar-refractivity contribution < 1.29 is 9.53 Å². The van der Waals surface area contributed by atoms with E-state index in [9.17, 15) is 4.79 Å². The predicted octanol–water partition coefficient (Wildman–Crippen LogP) is 3.31. The molecule has 0 N–H and O–H groups in total. The molecule has 0 saturated carbocycles. The highest BCUT2D eigenvalue weighted by Gasteiger charge is 2.30. The Morgan fingerprint density at radius 1 is 1.18 bits per heavy atom. The van der Waals surface area contributed by atoms with Crippen molar-refractivity contribution in [3.05, 3.63) is 71.7 Å². The van der Waals surface area contributed by atoms with Gasteiger partial charge in [-0.2, -0.15) is 4.98 Å². The fraction of sp³-hybridized carbons (Fsp3) is 0.286. The molecular weight excluding hydrogens is 354 g/mol. The number of carbonyl (C=O) groups is 1. The van der Waals surface area contributed by atoms with Crippen LogP contribution in [0.5, 0.6) is 11.6 Å². The van der Waals surface area contributed by atoms with Crippen molar-refractivity contribution in [3.8, 4) is 11.6 Å². The maximum atomic E-state index is 12.6. The molecular formula is C21H21N5O2. The van der Waals surface area contributed by atoms with Crippen molar-refractivity contribution in [3.63, 3.8) is 0 Å². The van der Waals surface area contributed by atoms with Crippen molar-refractivity contribution in [1.29, 1.82) is 0 Å². The Kier molecular flexibility index (Phi) is 4.97. The molecule has 28 heavy (non-hydrogen) atoms. The topological polar surface area (TPSA) is 81.1 Å². The summed E-state index contributed by atoms with van der Waals surface area (Å²) in [7, 11) is 0. The first-order valence-electron chi connectivity index (χ1n) is 9.24. The van der Waals surface area contributed by atoms with Crippen molar-refractivity contribution in [2.75, 3.05) is 13.1 Å². The highest BCUT2D eigenvalue weighted by Crippen LogP contribution is 2.29. The van der Waals surface area contributed by atoms with E-state index in [2.05, 4.69) is 19.9 Å². The van der Waals surface area contributed by atoms with Gasteiger partial charge in [0.2, 0.25) is 5.88 Å². The van der Waals surface area contributed by atoms with Gasteiger partial charge < -0.3 is 9.64 Å². The number of benzene rings is 1. The van der Waals surface area contributed by atoms with Gasteiger partial charge in [0.1, 0.15) is 17.3 Å². The van der Waals surface area contributed by atoms with E-state index in [1.54, 1.807) is 11.1 Å². The monoisotopic (exact) mass is 375 g/mol. The van der Waals surface area contributed by atoms with Gasteiger partial charge in [-0.25, -0.2) is 9.97 Å². The first kappa shape index (κ1) is 18.0. The zero-order chi connectivity index (χ0) is 19.5. The summed E-state index contributed by atoms with van der Waals surface area (Å²) in [6.45, 7) is 5.12. The minimum absolute atomic E-state index is 0.0692. The number of rotatable bonds is 4. The Balaban J connectivity index is 1.51. The molecule has 0 unspecified atom stereocenters. The summed E-state index contributed by atoms with van der Waals surface area (Å²) in [4.78, 5) is 31.7. The number of aromatic nitrogens is 4. The number of nitrogens with zero attached hydrogens (tertiary/aromatic N) is 5. The van der Waals surface area contributed by atoms with E-state index in [0.29, 0.717) is 30.5 Å². The van der Waals surface area contributed by atoms with Gasteiger partial charge in [0, 0.05) is 43.2 Å². The third-order valence-electron chi connectivity index (χ3n) is 4.78. The van der Waals surface area contributed by atoms with Crippen LogP contribution in [0.4, 0.5) is 0 Å². The fourth-order valence-corrected chi connectivity index (χ4v) is 3.31. The minimum Gasteiger partial charge on any atom is -0.439 e. The highest BCUT2D eigenvalue weighted by molar-refractivity contribution is 5.92. The second-order valence-electron chi connectivity index (χ2n) is 6.90. The van der Waals surface area contributed by atoms with Gasteiger partial charge in [-0.15, -0.1) is 0 Å². The van der Waals surface area contributed by atoms with Crippen LogP contribution in [0, 0.1) is 13.8 Å².